The lowest BCUT2D eigenvalue weighted by Crippen LogP contribution is -2.56. The Morgan fingerprint density at radius 3 is 2.58 bits per heavy atom. The Bertz CT molecular complexity index is 321. The van der Waals surface area contributed by atoms with Crippen LogP contribution in [0.4, 0.5) is 13.6 Å². The summed E-state index contributed by atoms with van der Waals surface area (Å²) in [5.74, 6) is 0. The van der Waals surface area contributed by atoms with E-state index in [0.717, 1.165) is 0 Å². The van der Waals surface area contributed by atoms with Crippen molar-refractivity contribution in [3.8, 4) is 0 Å². The zero-order valence-corrected chi connectivity index (χ0v) is 11.6. The van der Waals surface area contributed by atoms with Gasteiger partial charge in [0.1, 0.15) is 11.2 Å². The zero-order chi connectivity index (χ0) is 14.7. The molecule has 19 heavy (non-hydrogen) atoms. The molecule has 1 atom stereocenters. The van der Waals surface area contributed by atoms with Gasteiger partial charge in [-0.15, -0.1) is 0 Å². The van der Waals surface area contributed by atoms with Gasteiger partial charge in [-0.05, 0) is 33.6 Å². The molecule has 0 radical (unpaired) electrons. The molecule has 0 aliphatic carbocycles. The molecule has 1 rings (SSSR count). The van der Waals surface area contributed by atoms with Gasteiger partial charge < -0.3 is 20.1 Å². The first kappa shape index (κ1) is 16.1. The van der Waals surface area contributed by atoms with Gasteiger partial charge in [-0.25, -0.2) is 4.79 Å². The van der Waals surface area contributed by atoms with E-state index in [4.69, 9.17) is 10.5 Å². The standard InChI is InChI=1S/C12H22F2N2O3/c1-11(2,3)19-10(17)16-6-4-5-12(7-15,8-16)18-9(13)14/h9H,4-8,15H2,1-3H3. The Morgan fingerprint density at radius 2 is 2.11 bits per heavy atom. The van der Waals surface area contributed by atoms with Gasteiger partial charge in [-0.3, -0.25) is 0 Å². The van der Waals surface area contributed by atoms with Gasteiger partial charge >= 0.3 is 12.7 Å². The Kier molecular flexibility index (Phi) is 5.09. The minimum absolute atomic E-state index is 0.0305. The predicted molar refractivity (Wildman–Crippen MR) is 65.9 cm³/mol. The van der Waals surface area contributed by atoms with Crippen LogP contribution in [0.3, 0.4) is 0 Å². The molecule has 0 aromatic carbocycles. The second kappa shape index (κ2) is 6.00. The Balaban J connectivity index is 2.69. The number of alkyl halides is 2. The van der Waals surface area contributed by atoms with Crippen LogP contribution in [0.15, 0.2) is 0 Å². The molecule has 5 nitrogen and oxygen atoms in total. The summed E-state index contributed by atoms with van der Waals surface area (Å²) in [6, 6.07) is 0. The number of nitrogens with zero attached hydrogens (tertiary/aromatic N) is 1. The topological polar surface area (TPSA) is 64.8 Å². The van der Waals surface area contributed by atoms with Crippen LogP contribution in [0, 0.1) is 0 Å². The number of rotatable bonds is 3. The number of piperidine rings is 1. The van der Waals surface area contributed by atoms with Crippen molar-refractivity contribution in [1.29, 1.82) is 0 Å². The van der Waals surface area contributed by atoms with Crippen molar-refractivity contribution in [3.63, 3.8) is 0 Å². The van der Waals surface area contributed by atoms with E-state index in [0.29, 0.717) is 19.4 Å². The van der Waals surface area contributed by atoms with Gasteiger partial charge in [0.15, 0.2) is 0 Å². The molecule has 2 N–H and O–H groups in total. The van der Waals surface area contributed by atoms with E-state index in [2.05, 4.69) is 4.74 Å². The van der Waals surface area contributed by atoms with Crippen molar-refractivity contribution in [2.75, 3.05) is 19.6 Å². The number of carbonyl (C=O) groups is 1. The van der Waals surface area contributed by atoms with Crippen molar-refractivity contribution in [1.82, 2.24) is 4.90 Å². The number of hydrogen-bond donors (Lipinski definition) is 1. The fourth-order valence-corrected chi connectivity index (χ4v) is 2.08. The minimum atomic E-state index is -2.90. The maximum absolute atomic E-state index is 12.4. The number of hydrogen-bond acceptors (Lipinski definition) is 4. The number of likely N-dealkylation sites (tertiary alicyclic amines) is 1. The summed E-state index contributed by atoms with van der Waals surface area (Å²) in [5, 5.41) is 0. The first-order valence-electron chi connectivity index (χ1n) is 6.31. The smallest absolute Gasteiger partial charge is 0.410 e. The maximum atomic E-state index is 12.4. The van der Waals surface area contributed by atoms with Crippen molar-refractivity contribution in [2.45, 2.75) is 51.4 Å². The maximum Gasteiger partial charge on any atom is 0.410 e. The molecule has 0 saturated carbocycles. The molecule has 0 spiro atoms. The van der Waals surface area contributed by atoms with Crippen molar-refractivity contribution in [3.05, 3.63) is 0 Å². The second-order valence-electron chi connectivity index (χ2n) is 5.77. The molecule has 1 fully saturated rings. The molecule has 1 aliphatic heterocycles. The third kappa shape index (κ3) is 4.91. The van der Waals surface area contributed by atoms with Crippen LogP contribution in [0.2, 0.25) is 0 Å². The van der Waals surface area contributed by atoms with E-state index in [9.17, 15) is 13.6 Å². The molecule has 0 aromatic rings. The van der Waals surface area contributed by atoms with E-state index in [1.807, 2.05) is 0 Å². The first-order chi connectivity index (χ1) is 8.67. The minimum Gasteiger partial charge on any atom is -0.444 e. The summed E-state index contributed by atoms with van der Waals surface area (Å²) < 4.78 is 34.7. The SMILES string of the molecule is CC(C)(C)OC(=O)N1CCCC(CN)(OC(F)F)C1. The normalized spacial score (nSPS) is 24.7. The monoisotopic (exact) mass is 280 g/mol. The third-order valence-corrected chi connectivity index (χ3v) is 2.90. The number of carbonyl (C=O) groups excluding carboxylic acids is 1. The molecular formula is C12H22F2N2O3. The summed E-state index contributed by atoms with van der Waals surface area (Å²) in [5.41, 5.74) is 3.74. The van der Waals surface area contributed by atoms with Gasteiger partial charge in [-0.1, -0.05) is 0 Å². The fourth-order valence-electron chi connectivity index (χ4n) is 2.08. The fraction of sp³-hybridized carbons (Fsp3) is 0.917. The van der Waals surface area contributed by atoms with E-state index in [-0.39, 0.29) is 13.1 Å². The predicted octanol–water partition coefficient (Wildman–Crippen LogP) is 1.95. The largest absolute Gasteiger partial charge is 0.444 e. The quantitative estimate of drug-likeness (QED) is 0.858. The van der Waals surface area contributed by atoms with Gasteiger partial charge in [0, 0.05) is 13.1 Å². The summed E-state index contributed by atoms with van der Waals surface area (Å²) in [7, 11) is 0. The number of halogens is 2. The number of amides is 1. The van der Waals surface area contributed by atoms with Gasteiger partial charge in [-0.2, -0.15) is 8.78 Å². The summed E-state index contributed by atoms with van der Waals surface area (Å²) in [6.45, 7) is 2.78. The Labute approximate surface area is 112 Å². The molecule has 112 valence electrons. The molecule has 1 heterocycles. The van der Waals surface area contributed by atoms with Crippen LogP contribution < -0.4 is 5.73 Å². The molecule has 1 saturated heterocycles. The van der Waals surface area contributed by atoms with Gasteiger partial charge in [0.05, 0.1) is 6.54 Å². The van der Waals surface area contributed by atoms with Crippen molar-refractivity contribution < 1.29 is 23.0 Å². The highest BCUT2D eigenvalue weighted by molar-refractivity contribution is 5.68. The van der Waals surface area contributed by atoms with Crippen LogP contribution in [-0.4, -0.2) is 48.4 Å². The summed E-state index contributed by atoms with van der Waals surface area (Å²) >= 11 is 0. The van der Waals surface area contributed by atoms with Crippen LogP contribution in [0.1, 0.15) is 33.6 Å². The van der Waals surface area contributed by atoms with E-state index < -0.39 is 23.9 Å². The highest BCUT2D eigenvalue weighted by atomic mass is 19.3. The van der Waals surface area contributed by atoms with E-state index >= 15 is 0 Å². The first-order valence-corrected chi connectivity index (χ1v) is 6.31. The van der Waals surface area contributed by atoms with Crippen LogP contribution in [0.5, 0.6) is 0 Å². The van der Waals surface area contributed by atoms with Gasteiger partial charge in [0.2, 0.25) is 0 Å². The lowest BCUT2D eigenvalue weighted by molar-refractivity contribution is -0.218. The van der Waals surface area contributed by atoms with Crippen LogP contribution in [-0.2, 0) is 9.47 Å². The second-order valence-corrected chi connectivity index (χ2v) is 5.77. The number of nitrogens with two attached hydrogens (primary N) is 1. The average Bonchev–Trinajstić information content (AvgIpc) is 2.26. The van der Waals surface area contributed by atoms with Crippen LogP contribution >= 0.6 is 0 Å². The average molecular weight is 280 g/mol. The van der Waals surface area contributed by atoms with Gasteiger partial charge in [0.25, 0.3) is 0 Å². The molecule has 1 amide bonds. The van der Waals surface area contributed by atoms with Crippen molar-refractivity contribution in [2.24, 2.45) is 5.73 Å². The highest BCUT2D eigenvalue weighted by Crippen LogP contribution is 2.27. The Morgan fingerprint density at radius 1 is 1.47 bits per heavy atom. The molecule has 7 heteroatoms. The number of ether oxygens (including phenoxy) is 2. The van der Waals surface area contributed by atoms with E-state index in [1.165, 1.54) is 4.90 Å². The molecule has 0 aromatic heterocycles. The highest BCUT2D eigenvalue weighted by Gasteiger charge is 2.40. The lowest BCUT2D eigenvalue weighted by atomic mass is 9.93. The van der Waals surface area contributed by atoms with Crippen molar-refractivity contribution >= 4 is 6.09 Å². The summed E-state index contributed by atoms with van der Waals surface area (Å²) in [4.78, 5) is 13.3. The Hall–Kier alpha value is -0.950. The molecule has 0 bridgehead atoms. The zero-order valence-electron chi connectivity index (χ0n) is 11.6. The lowest BCUT2D eigenvalue weighted by Gasteiger charge is -2.41. The molecule has 1 unspecified atom stereocenters. The third-order valence-electron chi connectivity index (χ3n) is 2.90. The summed E-state index contributed by atoms with van der Waals surface area (Å²) in [6.07, 6.45) is 0.443. The molecular weight excluding hydrogens is 258 g/mol. The van der Waals surface area contributed by atoms with Crippen LogP contribution in [0.25, 0.3) is 0 Å². The van der Waals surface area contributed by atoms with E-state index in [1.54, 1.807) is 20.8 Å². The molecule has 1 aliphatic rings.